The Kier molecular flexibility index (Phi) is 3.40. The lowest BCUT2D eigenvalue weighted by molar-refractivity contribution is -0.117. The molecule has 0 atom stereocenters. The number of benzene rings is 1. The molecule has 0 bridgehead atoms. The molecular weight excluding hydrogens is 270 g/mol. The second-order valence-electron chi connectivity index (χ2n) is 4.96. The molecule has 1 saturated heterocycles. The molecule has 1 fully saturated rings. The number of aryl methyl sites for hydroxylation is 1. The van der Waals surface area contributed by atoms with E-state index in [-0.39, 0.29) is 11.7 Å². The first kappa shape index (κ1) is 13.1. The predicted molar refractivity (Wildman–Crippen MR) is 80.5 cm³/mol. The van der Waals surface area contributed by atoms with Crippen LogP contribution in [0, 0.1) is 6.92 Å². The zero-order chi connectivity index (χ0) is 14.1. The summed E-state index contributed by atoms with van der Waals surface area (Å²) in [6, 6.07) is 9.29. The van der Waals surface area contributed by atoms with Crippen molar-refractivity contribution in [3.05, 3.63) is 51.7 Å². The summed E-state index contributed by atoms with van der Waals surface area (Å²) in [5, 5.41) is 1.93. The summed E-state index contributed by atoms with van der Waals surface area (Å²) in [6.45, 7) is 2.72. The molecule has 1 aromatic heterocycles. The van der Waals surface area contributed by atoms with Crippen LogP contribution in [-0.2, 0) is 4.79 Å². The minimum atomic E-state index is 0.0526. The number of thiophene rings is 1. The molecule has 2 aromatic rings. The van der Waals surface area contributed by atoms with Gasteiger partial charge in [-0.1, -0.05) is 0 Å². The molecule has 2 heterocycles. The van der Waals surface area contributed by atoms with E-state index in [9.17, 15) is 9.59 Å². The molecule has 0 aliphatic carbocycles. The van der Waals surface area contributed by atoms with E-state index in [0.29, 0.717) is 12.0 Å². The van der Waals surface area contributed by atoms with E-state index in [1.54, 1.807) is 4.90 Å². The van der Waals surface area contributed by atoms with Crippen LogP contribution in [0.25, 0.3) is 0 Å². The first-order chi connectivity index (χ1) is 9.66. The fourth-order valence-electron chi connectivity index (χ4n) is 2.45. The molecular formula is C16H15NO2S. The molecule has 102 valence electrons. The minimum absolute atomic E-state index is 0.0526. The highest BCUT2D eigenvalue weighted by molar-refractivity contribution is 7.12. The van der Waals surface area contributed by atoms with Gasteiger partial charge in [0.2, 0.25) is 11.7 Å². The largest absolute Gasteiger partial charge is 0.312 e. The summed E-state index contributed by atoms with van der Waals surface area (Å²) in [4.78, 5) is 26.6. The summed E-state index contributed by atoms with van der Waals surface area (Å²) in [6.07, 6.45) is 1.53. The smallest absolute Gasteiger partial charge is 0.227 e. The third-order valence-electron chi connectivity index (χ3n) is 3.58. The molecule has 3 nitrogen and oxygen atoms in total. The van der Waals surface area contributed by atoms with Gasteiger partial charge in [0.25, 0.3) is 0 Å². The molecule has 1 amide bonds. The normalized spacial score (nSPS) is 14.8. The van der Waals surface area contributed by atoms with E-state index in [1.807, 2.05) is 42.6 Å². The lowest BCUT2D eigenvalue weighted by atomic mass is 10.1. The number of carbonyl (C=O) groups excluding carboxylic acids is 2. The Hall–Kier alpha value is -1.94. The SMILES string of the molecule is Cc1ccsc1C(=O)c1ccc(N2CCCC2=O)cc1. The molecule has 0 radical (unpaired) electrons. The van der Waals surface area contributed by atoms with Gasteiger partial charge in [-0.25, -0.2) is 0 Å². The molecule has 20 heavy (non-hydrogen) atoms. The number of nitrogens with zero attached hydrogens (tertiary/aromatic N) is 1. The minimum Gasteiger partial charge on any atom is -0.312 e. The second-order valence-corrected chi connectivity index (χ2v) is 5.87. The Bertz CT molecular complexity index is 657. The van der Waals surface area contributed by atoms with Crippen LogP contribution in [0.1, 0.15) is 33.6 Å². The van der Waals surface area contributed by atoms with Crippen molar-refractivity contribution in [1.29, 1.82) is 0 Å². The quantitative estimate of drug-likeness (QED) is 0.810. The van der Waals surface area contributed by atoms with Gasteiger partial charge in [0.1, 0.15) is 0 Å². The van der Waals surface area contributed by atoms with Gasteiger partial charge in [0, 0.05) is 24.2 Å². The van der Waals surface area contributed by atoms with Gasteiger partial charge in [-0.2, -0.15) is 0 Å². The lowest BCUT2D eigenvalue weighted by Gasteiger charge is -2.15. The van der Waals surface area contributed by atoms with Gasteiger partial charge in [-0.05, 0) is 54.6 Å². The Morgan fingerprint density at radius 1 is 1.20 bits per heavy atom. The van der Waals surface area contributed by atoms with Crippen molar-refractivity contribution in [2.75, 3.05) is 11.4 Å². The van der Waals surface area contributed by atoms with E-state index < -0.39 is 0 Å². The molecule has 0 unspecified atom stereocenters. The Morgan fingerprint density at radius 3 is 2.50 bits per heavy atom. The van der Waals surface area contributed by atoms with Gasteiger partial charge < -0.3 is 4.90 Å². The van der Waals surface area contributed by atoms with Gasteiger partial charge in [-0.15, -0.1) is 11.3 Å². The number of ketones is 1. The number of rotatable bonds is 3. The topological polar surface area (TPSA) is 37.4 Å². The highest BCUT2D eigenvalue weighted by Gasteiger charge is 2.22. The van der Waals surface area contributed by atoms with E-state index in [1.165, 1.54) is 11.3 Å². The zero-order valence-electron chi connectivity index (χ0n) is 11.3. The standard InChI is InChI=1S/C16H15NO2S/c1-11-8-10-20-16(11)15(19)12-4-6-13(7-5-12)17-9-2-3-14(17)18/h4-8,10H,2-3,9H2,1H3. The van der Waals surface area contributed by atoms with Crippen molar-refractivity contribution in [1.82, 2.24) is 0 Å². The molecule has 4 heteroatoms. The van der Waals surface area contributed by atoms with Crippen LogP contribution in [0.5, 0.6) is 0 Å². The van der Waals surface area contributed by atoms with E-state index in [0.717, 1.165) is 29.1 Å². The van der Waals surface area contributed by atoms with Crippen LogP contribution in [0.4, 0.5) is 5.69 Å². The summed E-state index contributed by atoms with van der Waals surface area (Å²) in [5.41, 5.74) is 2.57. The van der Waals surface area contributed by atoms with Crippen molar-refractivity contribution >= 4 is 28.7 Å². The number of carbonyl (C=O) groups is 2. The van der Waals surface area contributed by atoms with E-state index >= 15 is 0 Å². The van der Waals surface area contributed by atoms with Crippen LogP contribution in [-0.4, -0.2) is 18.2 Å². The third-order valence-corrected chi connectivity index (χ3v) is 4.60. The monoisotopic (exact) mass is 285 g/mol. The van der Waals surface area contributed by atoms with Crippen molar-refractivity contribution in [2.24, 2.45) is 0 Å². The fraction of sp³-hybridized carbons (Fsp3) is 0.250. The maximum absolute atomic E-state index is 12.4. The van der Waals surface area contributed by atoms with E-state index in [4.69, 9.17) is 0 Å². The molecule has 1 aromatic carbocycles. The summed E-state index contributed by atoms with van der Waals surface area (Å²) >= 11 is 1.47. The number of anilines is 1. The maximum Gasteiger partial charge on any atom is 0.227 e. The first-order valence-electron chi connectivity index (χ1n) is 6.66. The van der Waals surface area contributed by atoms with Crippen LogP contribution in [0.3, 0.4) is 0 Å². The highest BCUT2D eigenvalue weighted by atomic mass is 32.1. The number of hydrogen-bond donors (Lipinski definition) is 0. The van der Waals surface area contributed by atoms with Crippen molar-refractivity contribution in [3.8, 4) is 0 Å². The highest BCUT2D eigenvalue weighted by Crippen LogP contribution is 2.24. The molecule has 0 N–H and O–H groups in total. The van der Waals surface area contributed by atoms with Crippen molar-refractivity contribution in [3.63, 3.8) is 0 Å². The molecule has 1 aliphatic heterocycles. The zero-order valence-corrected chi connectivity index (χ0v) is 12.1. The maximum atomic E-state index is 12.4. The van der Waals surface area contributed by atoms with Crippen LogP contribution in [0.15, 0.2) is 35.7 Å². The van der Waals surface area contributed by atoms with Gasteiger partial charge in [0.05, 0.1) is 4.88 Å². The van der Waals surface area contributed by atoms with Crippen molar-refractivity contribution in [2.45, 2.75) is 19.8 Å². The molecule has 1 aliphatic rings. The van der Waals surface area contributed by atoms with Gasteiger partial charge >= 0.3 is 0 Å². The molecule has 0 spiro atoms. The van der Waals surface area contributed by atoms with Crippen molar-refractivity contribution < 1.29 is 9.59 Å². The van der Waals surface area contributed by atoms with Crippen LogP contribution < -0.4 is 4.90 Å². The Balaban J connectivity index is 1.85. The second kappa shape index (κ2) is 5.21. The Labute approximate surface area is 121 Å². The first-order valence-corrected chi connectivity index (χ1v) is 7.54. The van der Waals surface area contributed by atoms with E-state index in [2.05, 4.69) is 0 Å². The molecule has 3 rings (SSSR count). The van der Waals surface area contributed by atoms with Gasteiger partial charge in [0.15, 0.2) is 0 Å². The van der Waals surface area contributed by atoms with Gasteiger partial charge in [-0.3, -0.25) is 9.59 Å². The summed E-state index contributed by atoms with van der Waals surface area (Å²) in [5.74, 6) is 0.218. The average molecular weight is 285 g/mol. The summed E-state index contributed by atoms with van der Waals surface area (Å²) < 4.78 is 0. The fourth-order valence-corrected chi connectivity index (χ4v) is 3.34. The Morgan fingerprint density at radius 2 is 1.95 bits per heavy atom. The third kappa shape index (κ3) is 2.27. The van der Waals surface area contributed by atoms with Crippen LogP contribution >= 0.6 is 11.3 Å². The predicted octanol–water partition coefficient (Wildman–Crippen LogP) is 3.41. The lowest BCUT2D eigenvalue weighted by Crippen LogP contribution is -2.23. The average Bonchev–Trinajstić information content (AvgIpc) is 3.07. The molecule has 0 saturated carbocycles. The van der Waals surface area contributed by atoms with Crippen LogP contribution in [0.2, 0.25) is 0 Å². The summed E-state index contributed by atoms with van der Waals surface area (Å²) in [7, 11) is 0. The number of amides is 1. The number of hydrogen-bond acceptors (Lipinski definition) is 3.